The molecule has 1 unspecified atom stereocenters. The number of benzene rings is 1. The molecule has 0 amide bonds. The topological polar surface area (TPSA) is 36.7 Å². The number of hydrogen-bond donors (Lipinski definition) is 0. The zero-order valence-corrected chi connectivity index (χ0v) is 10.5. The molecule has 16 heavy (non-hydrogen) atoms. The fraction of sp³-hybridized carbons (Fsp3) is 0.231. The van der Waals surface area contributed by atoms with E-state index in [-0.39, 0.29) is 5.92 Å². The summed E-state index contributed by atoms with van der Waals surface area (Å²) in [6.07, 6.45) is 0.711. The number of aromatic nitrogens is 1. The van der Waals surface area contributed by atoms with E-state index in [1.54, 1.807) is 0 Å². The molecule has 0 aliphatic carbocycles. The Morgan fingerprint density at radius 3 is 2.94 bits per heavy atom. The Morgan fingerprint density at radius 1 is 1.38 bits per heavy atom. The van der Waals surface area contributed by atoms with Gasteiger partial charge in [0.25, 0.3) is 0 Å². The van der Waals surface area contributed by atoms with Crippen LogP contribution in [0.25, 0.3) is 10.9 Å². The molecule has 0 aliphatic heterocycles. The van der Waals surface area contributed by atoms with Crippen LogP contribution in [0, 0.1) is 17.2 Å². The van der Waals surface area contributed by atoms with E-state index < -0.39 is 0 Å². The summed E-state index contributed by atoms with van der Waals surface area (Å²) in [7, 11) is 0. The molecule has 2 nitrogen and oxygen atoms in total. The first-order valence-corrected chi connectivity index (χ1v) is 5.93. The average Bonchev–Trinajstić information content (AvgIpc) is 2.29. The Balaban J connectivity index is 2.38. The highest BCUT2D eigenvalue weighted by molar-refractivity contribution is 9.10. The lowest BCUT2D eigenvalue weighted by Crippen LogP contribution is -1.98. The second kappa shape index (κ2) is 4.63. The predicted molar refractivity (Wildman–Crippen MR) is 67.9 cm³/mol. The van der Waals surface area contributed by atoms with Gasteiger partial charge in [0.2, 0.25) is 0 Å². The molecule has 1 aromatic carbocycles. The number of nitrogens with zero attached hydrogens (tertiary/aromatic N) is 2. The van der Waals surface area contributed by atoms with Crippen molar-refractivity contribution in [3.63, 3.8) is 0 Å². The van der Waals surface area contributed by atoms with Crippen LogP contribution in [0.1, 0.15) is 12.6 Å². The van der Waals surface area contributed by atoms with Crippen LogP contribution in [0.15, 0.2) is 34.8 Å². The molecule has 0 radical (unpaired) electrons. The maximum atomic E-state index is 8.76. The Bertz CT molecular complexity index is 557. The fourth-order valence-electron chi connectivity index (χ4n) is 1.61. The molecule has 0 saturated heterocycles. The van der Waals surface area contributed by atoms with Crippen molar-refractivity contribution in [2.45, 2.75) is 13.3 Å². The first kappa shape index (κ1) is 11.1. The van der Waals surface area contributed by atoms with Gasteiger partial charge in [0.15, 0.2) is 0 Å². The van der Waals surface area contributed by atoms with Crippen molar-refractivity contribution in [3.8, 4) is 6.07 Å². The number of pyridine rings is 1. The summed E-state index contributed by atoms with van der Waals surface area (Å²) in [5.74, 6) is 0.0143. The van der Waals surface area contributed by atoms with Crippen LogP contribution in [0.5, 0.6) is 0 Å². The summed E-state index contributed by atoms with van der Waals surface area (Å²) in [5, 5.41) is 9.88. The van der Waals surface area contributed by atoms with Crippen LogP contribution in [0.2, 0.25) is 0 Å². The zero-order valence-electron chi connectivity index (χ0n) is 8.94. The smallest absolute Gasteiger partial charge is 0.0706 e. The number of hydrogen-bond acceptors (Lipinski definition) is 2. The number of halogens is 1. The highest BCUT2D eigenvalue weighted by atomic mass is 79.9. The lowest BCUT2D eigenvalue weighted by Gasteiger charge is -2.04. The van der Waals surface area contributed by atoms with Gasteiger partial charge in [-0.05, 0) is 31.2 Å². The van der Waals surface area contributed by atoms with Crippen molar-refractivity contribution in [2.24, 2.45) is 5.92 Å². The van der Waals surface area contributed by atoms with Gasteiger partial charge in [0.1, 0.15) is 0 Å². The lowest BCUT2D eigenvalue weighted by atomic mass is 10.1. The van der Waals surface area contributed by atoms with Crippen LogP contribution in [-0.2, 0) is 6.42 Å². The number of nitriles is 1. The monoisotopic (exact) mass is 274 g/mol. The maximum absolute atomic E-state index is 8.76. The van der Waals surface area contributed by atoms with Crippen LogP contribution in [-0.4, -0.2) is 4.98 Å². The molecule has 1 atom stereocenters. The molecule has 2 aromatic rings. The lowest BCUT2D eigenvalue weighted by molar-refractivity contribution is 0.724. The van der Waals surface area contributed by atoms with E-state index in [1.807, 2.05) is 37.3 Å². The number of rotatable bonds is 2. The van der Waals surface area contributed by atoms with Crippen LogP contribution < -0.4 is 0 Å². The first-order chi connectivity index (χ1) is 7.69. The maximum Gasteiger partial charge on any atom is 0.0706 e. The molecule has 1 heterocycles. The summed E-state index contributed by atoms with van der Waals surface area (Å²) >= 11 is 3.43. The third kappa shape index (κ3) is 2.40. The predicted octanol–water partition coefficient (Wildman–Crippen LogP) is 3.70. The van der Waals surface area contributed by atoms with Crippen LogP contribution in [0.3, 0.4) is 0 Å². The summed E-state index contributed by atoms with van der Waals surface area (Å²) in [5.41, 5.74) is 1.95. The van der Waals surface area contributed by atoms with Gasteiger partial charge >= 0.3 is 0 Å². The van der Waals surface area contributed by atoms with Crippen LogP contribution in [0.4, 0.5) is 0 Å². The summed E-state index contributed by atoms with van der Waals surface area (Å²) in [6.45, 7) is 1.91. The SMILES string of the molecule is CC(C#N)Cc1ccc2cc(Br)ccc2n1. The van der Waals surface area contributed by atoms with E-state index >= 15 is 0 Å². The van der Waals surface area contributed by atoms with Gasteiger partial charge in [0, 0.05) is 27.9 Å². The minimum Gasteiger partial charge on any atom is -0.253 e. The van der Waals surface area contributed by atoms with Gasteiger partial charge in [-0.15, -0.1) is 0 Å². The Kier molecular flexibility index (Phi) is 3.21. The molecule has 0 saturated carbocycles. The van der Waals surface area contributed by atoms with Crippen molar-refractivity contribution in [3.05, 3.63) is 40.5 Å². The van der Waals surface area contributed by atoms with E-state index in [0.29, 0.717) is 6.42 Å². The molecular weight excluding hydrogens is 264 g/mol. The zero-order chi connectivity index (χ0) is 11.5. The molecule has 0 fully saturated rings. The van der Waals surface area contributed by atoms with Gasteiger partial charge in [-0.25, -0.2) is 0 Å². The van der Waals surface area contributed by atoms with Gasteiger partial charge in [-0.2, -0.15) is 5.26 Å². The van der Waals surface area contributed by atoms with E-state index in [0.717, 1.165) is 21.1 Å². The highest BCUT2D eigenvalue weighted by Gasteiger charge is 2.04. The molecule has 1 aromatic heterocycles. The largest absolute Gasteiger partial charge is 0.253 e. The Morgan fingerprint density at radius 2 is 2.19 bits per heavy atom. The molecule has 0 N–H and O–H groups in total. The van der Waals surface area contributed by atoms with E-state index in [1.165, 1.54) is 0 Å². The van der Waals surface area contributed by atoms with E-state index in [9.17, 15) is 0 Å². The summed E-state index contributed by atoms with van der Waals surface area (Å²) < 4.78 is 1.06. The standard InChI is InChI=1S/C13H11BrN2/c1-9(8-15)6-12-4-2-10-7-11(14)3-5-13(10)16-12/h2-5,7,9H,6H2,1H3. The molecule has 0 bridgehead atoms. The minimum absolute atomic E-state index is 0.0143. The van der Waals surface area contributed by atoms with Crippen molar-refractivity contribution in [2.75, 3.05) is 0 Å². The van der Waals surface area contributed by atoms with Gasteiger partial charge in [-0.3, -0.25) is 4.98 Å². The number of fused-ring (bicyclic) bond motifs is 1. The van der Waals surface area contributed by atoms with Crippen LogP contribution >= 0.6 is 15.9 Å². The van der Waals surface area contributed by atoms with Crippen molar-refractivity contribution in [1.29, 1.82) is 5.26 Å². The Labute approximate surface area is 103 Å². The molecule has 3 heteroatoms. The van der Waals surface area contributed by atoms with Gasteiger partial charge in [0.05, 0.1) is 11.6 Å². The minimum atomic E-state index is 0.0143. The van der Waals surface area contributed by atoms with Crippen molar-refractivity contribution >= 4 is 26.8 Å². The molecule has 0 spiro atoms. The molecule has 2 rings (SSSR count). The van der Waals surface area contributed by atoms with E-state index in [4.69, 9.17) is 5.26 Å². The normalized spacial score (nSPS) is 12.3. The average molecular weight is 275 g/mol. The summed E-state index contributed by atoms with van der Waals surface area (Å²) in [4.78, 5) is 4.53. The quantitative estimate of drug-likeness (QED) is 0.837. The molecule has 80 valence electrons. The van der Waals surface area contributed by atoms with Gasteiger partial charge in [-0.1, -0.05) is 22.0 Å². The third-order valence-electron chi connectivity index (χ3n) is 2.44. The molecular formula is C13H11BrN2. The molecule has 0 aliphatic rings. The summed E-state index contributed by atoms with van der Waals surface area (Å²) in [6, 6.07) is 12.3. The van der Waals surface area contributed by atoms with Crippen molar-refractivity contribution in [1.82, 2.24) is 4.98 Å². The first-order valence-electron chi connectivity index (χ1n) is 5.14. The van der Waals surface area contributed by atoms with E-state index in [2.05, 4.69) is 27.0 Å². The second-order valence-corrected chi connectivity index (χ2v) is 4.79. The third-order valence-corrected chi connectivity index (χ3v) is 2.94. The highest BCUT2D eigenvalue weighted by Crippen LogP contribution is 2.19. The Hall–Kier alpha value is -1.40. The fourth-order valence-corrected chi connectivity index (χ4v) is 1.99. The van der Waals surface area contributed by atoms with Gasteiger partial charge < -0.3 is 0 Å². The second-order valence-electron chi connectivity index (χ2n) is 3.87. The van der Waals surface area contributed by atoms with Crippen molar-refractivity contribution < 1.29 is 0 Å².